The third-order valence-electron chi connectivity index (χ3n) is 11.1. The van der Waals surface area contributed by atoms with Crippen molar-refractivity contribution >= 4 is 8.32 Å². The number of hydrogen-bond acceptors (Lipinski definition) is 5. The van der Waals surface area contributed by atoms with Crippen LogP contribution in [-0.4, -0.2) is 51.2 Å². The van der Waals surface area contributed by atoms with Gasteiger partial charge in [-0.1, -0.05) is 34.6 Å². The minimum absolute atomic E-state index is 0.0593. The highest BCUT2D eigenvalue weighted by Gasteiger charge is 2.66. The molecule has 4 rings (SSSR count). The van der Waals surface area contributed by atoms with Gasteiger partial charge in [0.25, 0.3) is 0 Å². The van der Waals surface area contributed by atoms with Gasteiger partial charge in [-0.25, -0.2) is 0 Å². The van der Waals surface area contributed by atoms with Crippen LogP contribution in [-0.2, 0) is 13.9 Å². The monoisotopic (exact) mass is 481 g/mol. The molecule has 3 saturated carbocycles. The highest BCUT2D eigenvalue weighted by molar-refractivity contribution is 6.74. The quantitative estimate of drug-likeness (QED) is 0.510. The highest BCUT2D eigenvalue weighted by atomic mass is 28.4. The van der Waals surface area contributed by atoms with Gasteiger partial charge in [0.2, 0.25) is 0 Å². The van der Waals surface area contributed by atoms with E-state index < -0.39 is 8.32 Å². The van der Waals surface area contributed by atoms with Gasteiger partial charge in [-0.3, -0.25) is 0 Å². The fourth-order valence-electron chi connectivity index (χ4n) is 7.99. The van der Waals surface area contributed by atoms with Gasteiger partial charge in [0, 0.05) is 17.9 Å². The number of fused-ring (bicyclic) bond motifs is 2. The molecule has 0 radical (unpaired) electrons. The van der Waals surface area contributed by atoms with E-state index in [2.05, 4.69) is 47.7 Å². The fourth-order valence-corrected chi connectivity index (χ4v) is 9.40. The van der Waals surface area contributed by atoms with E-state index in [1.54, 1.807) is 0 Å². The molecule has 0 bridgehead atoms. The molecule has 6 heteroatoms. The second kappa shape index (κ2) is 8.84. The first kappa shape index (κ1) is 26.1. The van der Waals surface area contributed by atoms with E-state index in [0.717, 1.165) is 64.6 Å². The lowest BCUT2D eigenvalue weighted by atomic mass is 9.50. The van der Waals surface area contributed by atoms with Gasteiger partial charge in [-0.05, 0) is 92.8 Å². The van der Waals surface area contributed by atoms with Gasteiger partial charge in [0.1, 0.15) is 0 Å². The van der Waals surface area contributed by atoms with Crippen molar-refractivity contribution < 1.29 is 19.0 Å². The summed E-state index contributed by atoms with van der Waals surface area (Å²) in [6, 6.07) is 0. The summed E-state index contributed by atoms with van der Waals surface area (Å²) < 4.78 is 19.3. The molecule has 0 aromatic heterocycles. The third-order valence-corrected chi connectivity index (χ3v) is 15.6. The van der Waals surface area contributed by atoms with Crippen molar-refractivity contribution in [2.45, 2.75) is 122 Å². The van der Waals surface area contributed by atoms with E-state index in [0.29, 0.717) is 24.3 Å². The Labute approximate surface area is 203 Å². The lowest BCUT2D eigenvalue weighted by Gasteiger charge is -2.57. The van der Waals surface area contributed by atoms with E-state index in [1.165, 1.54) is 0 Å². The first-order valence-electron chi connectivity index (χ1n) is 13.6. The van der Waals surface area contributed by atoms with Gasteiger partial charge in [-0.15, -0.1) is 0 Å². The van der Waals surface area contributed by atoms with Crippen molar-refractivity contribution in [3.05, 3.63) is 0 Å². The molecular formula is C27H51NO4Si. The first-order chi connectivity index (χ1) is 15.3. The molecular weight excluding hydrogens is 430 g/mol. The summed E-state index contributed by atoms with van der Waals surface area (Å²) in [4.78, 5) is 0. The second-order valence-electron chi connectivity index (χ2n) is 13.7. The van der Waals surface area contributed by atoms with Crippen molar-refractivity contribution in [2.75, 3.05) is 19.8 Å². The highest BCUT2D eigenvalue weighted by Crippen LogP contribution is 2.66. The lowest BCUT2D eigenvalue weighted by Crippen LogP contribution is -2.57. The number of nitrogens with two attached hydrogens (primary N) is 1. The molecule has 192 valence electrons. The standard InChI is InChI=1S/C27H51NO4Si/c1-24(2,3)33(6,7)32-19-8-12-25(4,23(29)18-19)21-9-13-26(5)22(20(21)11-15-28)10-14-27(26)30-16-17-31-27/h19-23,29H,8-18,28H2,1-7H3/t19-,20+,21?,22?,23-,25+,26-/m0/s1. The minimum atomic E-state index is -1.84. The molecule has 4 aliphatic rings. The Balaban J connectivity index is 1.51. The maximum absolute atomic E-state index is 11.6. The SMILES string of the molecule is CC(C)(C)[Si](C)(C)O[C@H]1CC[C@](C)(C2CC[C@@]3(C)C(CCC34OCCO4)[C@@H]2CCN)[C@@H](O)C1. The molecule has 0 aromatic carbocycles. The van der Waals surface area contributed by atoms with E-state index in [-0.39, 0.29) is 33.9 Å². The maximum atomic E-state index is 11.6. The summed E-state index contributed by atoms with van der Waals surface area (Å²) in [6.07, 6.45) is 8.19. The smallest absolute Gasteiger partial charge is 0.192 e. The van der Waals surface area contributed by atoms with Crippen molar-refractivity contribution in [3.63, 3.8) is 0 Å². The summed E-state index contributed by atoms with van der Waals surface area (Å²) in [6.45, 7) is 18.5. The van der Waals surface area contributed by atoms with Crippen LogP contribution in [0.25, 0.3) is 0 Å². The molecule has 0 aromatic rings. The predicted octanol–water partition coefficient (Wildman–Crippen LogP) is 5.46. The number of ether oxygens (including phenoxy) is 2. The average Bonchev–Trinajstić information content (AvgIpc) is 3.31. The molecule has 1 saturated heterocycles. The van der Waals surface area contributed by atoms with Crippen LogP contribution in [0.4, 0.5) is 0 Å². The Bertz CT molecular complexity index is 703. The normalized spacial score (nSPS) is 43.7. The molecule has 5 nitrogen and oxygen atoms in total. The van der Waals surface area contributed by atoms with E-state index >= 15 is 0 Å². The first-order valence-corrected chi connectivity index (χ1v) is 16.5. The Morgan fingerprint density at radius 2 is 1.64 bits per heavy atom. The summed E-state index contributed by atoms with van der Waals surface area (Å²) in [5.41, 5.74) is 6.18. The van der Waals surface area contributed by atoms with Crippen LogP contribution in [0.1, 0.15) is 86.0 Å². The van der Waals surface area contributed by atoms with Crippen LogP contribution in [0.2, 0.25) is 18.1 Å². The predicted molar refractivity (Wildman–Crippen MR) is 135 cm³/mol. The van der Waals surface area contributed by atoms with Crippen LogP contribution in [0.5, 0.6) is 0 Å². The van der Waals surface area contributed by atoms with E-state index in [4.69, 9.17) is 19.6 Å². The van der Waals surface area contributed by atoms with E-state index in [1.807, 2.05) is 0 Å². The van der Waals surface area contributed by atoms with Crippen LogP contribution >= 0.6 is 0 Å². The Morgan fingerprint density at radius 1 is 1.00 bits per heavy atom. The third kappa shape index (κ3) is 4.19. The molecule has 3 N–H and O–H groups in total. The van der Waals surface area contributed by atoms with Gasteiger partial charge < -0.3 is 24.7 Å². The second-order valence-corrected chi connectivity index (χ2v) is 18.5. The van der Waals surface area contributed by atoms with Crippen LogP contribution in [0.15, 0.2) is 0 Å². The van der Waals surface area contributed by atoms with Crippen LogP contribution in [0, 0.1) is 28.6 Å². The van der Waals surface area contributed by atoms with Gasteiger partial charge in [0.15, 0.2) is 14.1 Å². The summed E-state index contributed by atoms with van der Waals surface area (Å²) in [7, 11) is -1.84. The number of rotatable bonds is 5. The summed E-state index contributed by atoms with van der Waals surface area (Å²) in [5.74, 6) is 1.20. The van der Waals surface area contributed by atoms with Crippen molar-refractivity contribution in [2.24, 2.45) is 34.3 Å². The van der Waals surface area contributed by atoms with E-state index in [9.17, 15) is 5.11 Å². The lowest BCUT2D eigenvalue weighted by molar-refractivity contribution is -0.245. The topological polar surface area (TPSA) is 73.9 Å². The molecule has 33 heavy (non-hydrogen) atoms. The zero-order valence-corrected chi connectivity index (χ0v) is 23.4. The van der Waals surface area contributed by atoms with Gasteiger partial charge in [-0.2, -0.15) is 0 Å². The van der Waals surface area contributed by atoms with Crippen LogP contribution in [0.3, 0.4) is 0 Å². The molecule has 7 atom stereocenters. The number of hydrogen-bond donors (Lipinski definition) is 2. The molecule has 0 amide bonds. The zero-order chi connectivity index (χ0) is 24.3. The molecule has 1 spiro atoms. The molecule has 2 unspecified atom stereocenters. The summed E-state index contributed by atoms with van der Waals surface area (Å²) in [5, 5.41) is 11.8. The zero-order valence-electron chi connectivity index (χ0n) is 22.4. The minimum Gasteiger partial charge on any atom is -0.414 e. The van der Waals surface area contributed by atoms with Crippen LogP contribution < -0.4 is 5.73 Å². The van der Waals surface area contributed by atoms with Gasteiger partial charge in [0.05, 0.1) is 19.3 Å². The number of aliphatic hydroxyl groups excluding tert-OH is 1. The molecule has 1 heterocycles. The Morgan fingerprint density at radius 3 is 2.21 bits per heavy atom. The molecule has 4 fully saturated rings. The largest absolute Gasteiger partial charge is 0.414 e. The molecule has 3 aliphatic carbocycles. The van der Waals surface area contributed by atoms with Gasteiger partial charge >= 0.3 is 0 Å². The Hall–Kier alpha value is 0.0169. The number of aliphatic hydroxyl groups is 1. The van der Waals surface area contributed by atoms with Crippen molar-refractivity contribution in [1.29, 1.82) is 0 Å². The Kier molecular flexibility index (Phi) is 6.99. The van der Waals surface area contributed by atoms with Crippen molar-refractivity contribution in [1.82, 2.24) is 0 Å². The average molecular weight is 482 g/mol. The summed E-state index contributed by atoms with van der Waals surface area (Å²) >= 11 is 0. The maximum Gasteiger partial charge on any atom is 0.192 e. The van der Waals surface area contributed by atoms with Crippen molar-refractivity contribution in [3.8, 4) is 0 Å². The molecule has 1 aliphatic heterocycles. The fraction of sp³-hybridized carbons (Fsp3) is 1.00.